The molecule has 0 aromatic carbocycles. The minimum atomic E-state index is 0.123. The number of nitrogens with zero attached hydrogens (tertiary/aromatic N) is 4. The lowest BCUT2D eigenvalue weighted by atomic mass is 10.2. The fraction of sp³-hybridized carbons (Fsp3) is 0.562. The highest BCUT2D eigenvalue weighted by molar-refractivity contribution is 5.73. The van der Waals surface area contributed by atoms with Gasteiger partial charge in [0, 0.05) is 39.3 Å². The van der Waals surface area contributed by atoms with E-state index >= 15 is 0 Å². The highest BCUT2D eigenvalue weighted by Crippen LogP contribution is 2.13. The van der Waals surface area contributed by atoms with Crippen molar-refractivity contribution in [1.29, 1.82) is 5.26 Å². The highest BCUT2D eigenvalue weighted by Gasteiger charge is 2.19. The largest absolute Gasteiger partial charge is 0.353 e. The summed E-state index contributed by atoms with van der Waals surface area (Å²) in [6.07, 6.45) is 1.58. The van der Waals surface area contributed by atoms with E-state index in [1.54, 1.807) is 19.2 Å². The molecule has 1 aliphatic rings. The molecule has 1 saturated heterocycles. The number of nitriles is 1. The number of carbonyl (C=O) groups is 1. The number of piperazine rings is 1. The first-order valence-corrected chi connectivity index (χ1v) is 7.57. The second kappa shape index (κ2) is 10.7. The molecule has 0 radical (unpaired) electrons. The van der Waals surface area contributed by atoms with Crippen molar-refractivity contribution in [2.24, 2.45) is 0 Å². The molecular formula is C16H26N4O. The van der Waals surface area contributed by atoms with E-state index < -0.39 is 0 Å². The number of hydrogen-bond donors (Lipinski definition) is 0. The van der Waals surface area contributed by atoms with Crippen LogP contribution in [-0.2, 0) is 4.79 Å². The molecule has 1 amide bonds. The molecule has 2 rings (SSSR count). The van der Waals surface area contributed by atoms with Crippen molar-refractivity contribution in [3.63, 3.8) is 0 Å². The Morgan fingerprint density at radius 1 is 1.14 bits per heavy atom. The van der Waals surface area contributed by atoms with Crippen LogP contribution in [0, 0.1) is 11.3 Å². The van der Waals surface area contributed by atoms with Crippen LogP contribution in [0.25, 0.3) is 0 Å². The van der Waals surface area contributed by atoms with Gasteiger partial charge in [0.15, 0.2) is 0 Å². The molecular weight excluding hydrogens is 264 g/mol. The Labute approximate surface area is 128 Å². The van der Waals surface area contributed by atoms with Gasteiger partial charge in [0.2, 0.25) is 5.91 Å². The van der Waals surface area contributed by atoms with Gasteiger partial charge in [0.1, 0.15) is 11.9 Å². The maximum atomic E-state index is 11.2. The van der Waals surface area contributed by atoms with E-state index in [4.69, 9.17) is 5.26 Å². The Bertz CT molecular complexity index is 442. The van der Waals surface area contributed by atoms with Crippen LogP contribution in [0.5, 0.6) is 0 Å². The summed E-state index contributed by atoms with van der Waals surface area (Å²) in [5.74, 6) is 0.990. The number of rotatable bonds is 1. The Balaban J connectivity index is 0.000000921. The van der Waals surface area contributed by atoms with Crippen LogP contribution in [0.1, 0.15) is 40.2 Å². The molecule has 0 bridgehead atoms. The molecule has 0 aliphatic carbocycles. The van der Waals surface area contributed by atoms with E-state index in [1.807, 2.05) is 44.7 Å². The molecule has 2 heterocycles. The fourth-order valence-electron chi connectivity index (χ4n) is 1.89. The zero-order valence-electron chi connectivity index (χ0n) is 13.8. The molecule has 1 aromatic heterocycles. The molecule has 1 fully saturated rings. The van der Waals surface area contributed by atoms with Gasteiger partial charge in [0.25, 0.3) is 0 Å². The van der Waals surface area contributed by atoms with Crippen LogP contribution >= 0.6 is 0 Å². The molecule has 0 unspecified atom stereocenters. The van der Waals surface area contributed by atoms with Crippen molar-refractivity contribution in [3.05, 3.63) is 23.9 Å². The second-order valence-corrected chi connectivity index (χ2v) is 4.01. The van der Waals surface area contributed by atoms with Gasteiger partial charge in [-0.1, -0.05) is 27.7 Å². The predicted octanol–water partition coefficient (Wildman–Crippen LogP) is 2.67. The summed E-state index contributed by atoms with van der Waals surface area (Å²) < 4.78 is 0. The van der Waals surface area contributed by atoms with Gasteiger partial charge in [-0.25, -0.2) is 4.98 Å². The van der Waals surface area contributed by atoms with Crippen LogP contribution in [0.15, 0.2) is 18.3 Å². The lowest BCUT2D eigenvalue weighted by Crippen LogP contribution is -2.48. The van der Waals surface area contributed by atoms with Crippen LogP contribution in [0.4, 0.5) is 5.82 Å². The SMILES string of the molecule is CC.CC.CC(=O)N1CCN(c2ccc(C#N)cn2)CC1. The monoisotopic (exact) mass is 290 g/mol. The van der Waals surface area contributed by atoms with E-state index in [0.717, 1.165) is 32.0 Å². The summed E-state index contributed by atoms with van der Waals surface area (Å²) in [6.45, 7) is 12.6. The van der Waals surface area contributed by atoms with Crippen molar-refractivity contribution in [2.75, 3.05) is 31.1 Å². The minimum Gasteiger partial charge on any atom is -0.353 e. The van der Waals surface area contributed by atoms with E-state index in [9.17, 15) is 4.79 Å². The zero-order valence-corrected chi connectivity index (χ0v) is 13.8. The summed E-state index contributed by atoms with van der Waals surface area (Å²) in [7, 11) is 0. The maximum absolute atomic E-state index is 11.2. The van der Waals surface area contributed by atoms with Crippen molar-refractivity contribution < 1.29 is 4.79 Å². The predicted molar refractivity (Wildman–Crippen MR) is 86.1 cm³/mol. The van der Waals surface area contributed by atoms with Crippen LogP contribution in [0.2, 0.25) is 0 Å². The average molecular weight is 290 g/mol. The second-order valence-electron chi connectivity index (χ2n) is 4.01. The van der Waals surface area contributed by atoms with E-state index in [2.05, 4.69) is 9.88 Å². The topological polar surface area (TPSA) is 60.2 Å². The molecule has 0 saturated carbocycles. The fourth-order valence-corrected chi connectivity index (χ4v) is 1.89. The van der Waals surface area contributed by atoms with Gasteiger partial charge in [-0.15, -0.1) is 0 Å². The Kier molecular flexibility index (Phi) is 9.61. The number of amides is 1. The third-order valence-electron chi connectivity index (χ3n) is 2.93. The summed E-state index contributed by atoms with van der Waals surface area (Å²) in [6, 6.07) is 5.66. The maximum Gasteiger partial charge on any atom is 0.219 e. The molecule has 116 valence electrons. The first-order chi connectivity index (χ1) is 10.2. The molecule has 1 aromatic rings. The molecule has 5 heteroatoms. The standard InChI is InChI=1S/C12H14N4O.2C2H6/c1-10(17)15-4-6-16(7-5-15)12-3-2-11(8-13)9-14-12;2*1-2/h2-3,9H,4-7H2,1H3;2*1-2H3. The van der Waals surface area contributed by atoms with Gasteiger partial charge < -0.3 is 9.80 Å². The molecule has 21 heavy (non-hydrogen) atoms. The molecule has 1 aliphatic heterocycles. The first-order valence-electron chi connectivity index (χ1n) is 7.57. The molecule has 0 N–H and O–H groups in total. The third kappa shape index (κ3) is 5.82. The van der Waals surface area contributed by atoms with Gasteiger partial charge in [-0.2, -0.15) is 5.26 Å². The first kappa shape index (κ1) is 18.9. The van der Waals surface area contributed by atoms with Gasteiger partial charge in [-0.05, 0) is 12.1 Å². The number of aromatic nitrogens is 1. The number of carbonyl (C=O) groups excluding carboxylic acids is 1. The van der Waals surface area contributed by atoms with Crippen LogP contribution in [0.3, 0.4) is 0 Å². The summed E-state index contributed by atoms with van der Waals surface area (Å²) >= 11 is 0. The van der Waals surface area contributed by atoms with Crippen LogP contribution in [-0.4, -0.2) is 42.0 Å². The summed E-state index contributed by atoms with van der Waals surface area (Å²) in [5, 5.41) is 8.69. The molecule has 0 spiro atoms. The Morgan fingerprint density at radius 2 is 1.71 bits per heavy atom. The van der Waals surface area contributed by atoms with E-state index in [1.165, 1.54) is 0 Å². The minimum absolute atomic E-state index is 0.123. The van der Waals surface area contributed by atoms with E-state index in [-0.39, 0.29) is 5.91 Å². The Hall–Kier alpha value is -2.09. The quantitative estimate of drug-likeness (QED) is 0.798. The molecule has 5 nitrogen and oxygen atoms in total. The third-order valence-corrected chi connectivity index (χ3v) is 2.93. The number of hydrogen-bond acceptors (Lipinski definition) is 4. The average Bonchev–Trinajstić information content (AvgIpc) is 2.58. The molecule has 0 atom stereocenters. The Morgan fingerprint density at radius 3 is 2.10 bits per heavy atom. The van der Waals surface area contributed by atoms with Gasteiger partial charge >= 0.3 is 0 Å². The zero-order chi connectivity index (χ0) is 16.3. The number of anilines is 1. The van der Waals surface area contributed by atoms with Crippen molar-refractivity contribution in [3.8, 4) is 6.07 Å². The van der Waals surface area contributed by atoms with Gasteiger partial charge in [-0.3, -0.25) is 4.79 Å². The van der Waals surface area contributed by atoms with E-state index in [0.29, 0.717) is 5.56 Å². The lowest BCUT2D eigenvalue weighted by Gasteiger charge is -2.34. The summed E-state index contributed by atoms with van der Waals surface area (Å²) in [4.78, 5) is 19.4. The van der Waals surface area contributed by atoms with Crippen LogP contribution < -0.4 is 4.90 Å². The summed E-state index contributed by atoms with van der Waals surface area (Å²) in [5.41, 5.74) is 0.566. The number of pyridine rings is 1. The lowest BCUT2D eigenvalue weighted by molar-refractivity contribution is -0.129. The smallest absolute Gasteiger partial charge is 0.219 e. The van der Waals surface area contributed by atoms with Crippen molar-refractivity contribution in [1.82, 2.24) is 9.88 Å². The van der Waals surface area contributed by atoms with Gasteiger partial charge in [0.05, 0.1) is 5.56 Å². The van der Waals surface area contributed by atoms with Crippen molar-refractivity contribution in [2.45, 2.75) is 34.6 Å². The normalized spacial score (nSPS) is 13.1. The van der Waals surface area contributed by atoms with Crippen molar-refractivity contribution >= 4 is 11.7 Å². The highest BCUT2D eigenvalue weighted by atomic mass is 16.2.